The van der Waals surface area contributed by atoms with Crippen molar-refractivity contribution in [2.24, 2.45) is 11.5 Å². The minimum Gasteiger partial charge on any atom is -0.404 e. The van der Waals surface area contributed by atoms with Gasteiger partial charge in [-0.2, -0.15) is 5.10 Å². The number of imidazole rings is 1. The summed E-state index contributed by atoms with van der Waals surface area (Å²) in [6.07, 6.45) is 6.76. The van der Waals surface area contributed by atoms with Crippen LogP contribution in [0.1, 0.15) is 29.5 Å². The van der Waals surface area contributed by atoms with Gasteiger partial charge in [0.1, 0.15) is 6.33 Å². The van der Waals surface area contributed by atoms with Gasteiger partial charge in [0.05, 0.1) is 29.6 Å². The van der Waals surface area contributed by atoms with Crippen LogP contribution < -0.4 is 17.0 Å². The van der Waals surface area contributed by atoms with Gasteiger partial charge in [-0.15, -0.1) is 0 Å². The molecular weight excluding hydrogens is 532 g/mol. The molecule has 1 atom stereocenters. The number of likely N-dealkylation sites (tertiary alicyclic amines) is 1. The van der Waals surface area contributed by atoms with Crippen LogP contribution in [0.3, 0.4) is 0 Å². The van der Waals surface area contributed by atoms with Gasteiger partial charge in [0.2, 0.25) is 5.65 Å². The van der Waals surface area contributed by atoms with Crippen LogP contribution in [0.15, 0.2) is 77.6 Å². The third-order valence-electron chi connectivity index (χ3n) is 8.35. The Kier molecular flexibility index (Phi) is 7.21. The molecule has 0 bridgehead atoms. The van der Waals surface area contributed by atoms with Crippen LogP contribution in [0.25, 0.3) is 16.9 Å². The van der Waals surface area contributed by atoms with Crippen LogP contribution in [-0.4, -0.2) is 65.5 Å². The van der Waals surface area contributed by atoms with Crippen LogP contribution in [-0.2, 0) is 30.6 Å². The maximum Gasteiger partial charge on any atom is 0.296 e. The van der Waals surface area contributed by atoms with Crippen molar-refractivity contribution in [2.75, 3.05) is 13.1 Å². The Morgan fingerprint density at radius 3 is 2.60 bits per heavy atom. The minimum atomic E-state index is -1.21. The summed E-state index contributed by atoms with van der Waals surface area (Å²) in [6, 6.07) is 15.8. The van der Waals surface area contributed by atoms with E-state index in [1.165, 1.54) is 32.7 Å². The molecule has 0 saturated carbocycles. The topological polar surface area (TPSA) is 169 Å². The molecule has 4 aromatic rings. The molecule has 1 fully saturated rings. The fourth-order valence-corrected chi connectivity index (χ4v) is 5.99. The largest absolute Gasteiger partial charge is 0.404 e. The van der Waals surface area contributed by atoms with E-state index >= 15 is 0 Å². The highest BCUT2D eigenvalue weighted by Gasteiger charge is 2.36. The Bertz CT molecular complexity index is 1750. The van der Waals surface area contributed by atoms with Crippen molar-refractivity contribution in [2.45, 2.75) is 50.3 Å². The zero-order chi connectivity index (χ0) is 29.4. The molecule has 11 heteroatoms. The van der Waals surface area contributed by atoms with E-state index in [9.17, 15) is 14.7 Å². The number of hydrogen-bond donors (Lipinski definition) is 4. The molecule has 2 aromatic heterocycles. The third-order valence-corrected chi connectivity index (χ3v) is 8.35. The first-order valence-electron chi connectivity index (χ1n) is 14.1. The van der Waals surface area contributed by atoms with Crippen molar-refractivity contribution in [3.05, 3.63) is 99.9 Å². The Morgan fingerprint density at radius 2 is 1.86 bits per heavy atom. The zero-order valence-corrected chi connectivity index (χ0v) is 23.2. The second-order valence-electron chi connectivity index (χ2n) is 11.3. The molecular formula is C31H34N8O3. The van der Waals surface area contributed by atoms with E-state index in [0.717, 1.165) is 24.0 Å². The number of nitrogens with two attached hydrogens (primary N) is 2. The van der Waals surface area contributed by atoms with E-state index in [1.807, 2.05) is 36.4 Å². The summed E-state index contributed by atoms with van der Waals surface area (Å²) in [5.41, 5.74) is 15.8. The molecule has 6 rings (SSSR count). The number of aromatic nitrogens is 4. The number of nitrogens with one attached hydrogen (secondary N) is 1. The van der Waals surface area contributed by atoms with Gasteiger partial charge >= 0.3 is 0 Å². The van der Waals surface area contributed by atoms with E-state index in [-0.39, 0.29) is 66.9 Å². The molecule has 0 spiro atoms. The normalized spacial score (nSPS) is 18.3. The average molecular weight is 567 g/mol. The molecule has 216 valence electrons. The smallest absolute Gasteiger partial charge is 0.296 e. The first-order chi connectivity index (χ1) is 20.2. The van der Waals surface area contributed by atoms with Crippen molar-refractivity contribution in [3.63, 3.8) is 0 Å². The second-order valence-corrected chi connectivity index (χ2v) is 11.3. The maximum absolute atomic E-state index is 13.3. The molecule has 6 N–H and O–H groups in total. The summed E-state index contributed by atoms with van der Waals surface area (Å²) < 4.78 is 2.91. The Balaban J connectivity index is 1.13. The summed E-state index contributed by atoms with van der Waals surface area (Å²) in [7, 11) is 0. The van der Waals surface area contributed by atoms with Crippen molar-refractivity contribution in [3.8, 4) is 11.3 Å². The first kappa shape index (κ1) is 27.6. The number of fused-ring (bicyclic) bond motifs is 2. The fourth-order valence-electron chi connectivity index (χ4n) is 5.99. The maximum atomic E-state index is 13.3. The molecule has 11 nitrogen and oxygen atoms in total. The van der Waals surface area contributed by atoms with Crippen molar-refractivity contribution in [1.82, 2.24) is 24.1 Å². The van der Waals surface area contributed by atoms with E-state index in [2.05, 4.69) is 22.2 Å². The van der Waals surface area contributed by atoms with E-state index in [4.69, 9.17) is 16.9 Å². The summed E-state index contributed by atoms with van der Waals surface area (Å²) in [5.74, 6) is -0.334. The highest BCUT2D eigenvalue weighted by Crippen LogP contribution is 2.28. The van der Waals surface area contributed by atoms with Crippen LogP contribution >= 0.6 is 0 Å². The van der Waals surface area contributed by atoms with Gasteiger partial charge in [-0.25, -0.2) is 9.50 Å². The number of piperidine rings is 1. The fraction of sp³-hybridized carbons (Fsp3) is 0.323. The number of carbonyl (C=O) groups is 1. The number of amides is 1. The quantitative estimate of drug-likeness (QED) is 0.194. The Labute approximate surface area is 242 Å². The standard InChI is InChI=1S/C31H34N8O3/c32-16-25(26(34)12-20-4-2-1-3-5-20)29(40)37-10-8-31(42,9-11-37)18-38-19-36-39-27(17-35-28(39)30(38)41)22-7-6-21-14-24(33)15-23(21)13-22/h1-7,13,16-17,19,24,34,42H,8-12,14-15,18,32-33H2/b25-16+,34-26?. The first-order valence-corrected chi connectivity index (χ1v) is 14.1. The number of hydrogen-bond acceptors (Lipinski definition) is 8. The number of aliphatic hydroxyl groups is 1. The Morgan fingerprint density at radius 1 is 1.12 bits per heavy atom. The van der Waals surface area contributed by atoms with E-state index < -0.39 is 5.60 Å². The molecule has 2 aromatic carbocycles. The SMILES string of the molecule is N=C(Cc1ccccc1)/C(=C\N)C(=O)N1CCC(O)(Cn2cnn3c(-c4ccc5c(c4)CC(N)C5)cnc3c2=O)CC1. The van der Waals surface area contributed by atoms with Gasteiger partial charge in [-0.3, -0.25) is 14.2 Å². The van der Waals surface area contributed by atoms with Gasteiger partial charge in [0, 0.05) is 43.0 Å². The molecule has 1 aliphatic carbocycles. The van der Waals surface area contributed by atoms with Crippen molar-refractivity contribution in [1.29, 1.82) is 5.41 Å². The van der Waals surface area contributed by atoms with E-state index in [0.29, 0.717) is 12.1 Å². The average Bonchev–Trinajstić information content (AvgIpc) is 3.58. The van der Waals surface area contributed by atoms with Crippen LogP contribution in [0.2, 0.25) is 0 Å². The monoisotopic (exact) mass is 566 g/mol. The van der Waals surface area contributed by atoms with Crippen molar-refractivity contribution < 1.29 is 9.90 Å². The van der Waals surface area contributed by atoms with Gasteiger partial charge in [-0.1, -0.05) is 42.5 Å². The predicted molar refractivity (Wildman–Crippen MR) is 159 cm³/mol. The lowest BCUT2D eigenvalue weighted by Crippen LogP contribution is -2.50. The zero-order valence-electron chi connectivity index (χ0n) is 23.2. The molecule has 1 unspecified atom stereocenters. The molecule has 3 heterocycles. The van der Waals surface area contributed by atoms with E-state index in [1.54, 1.807) is 11.1 Å². The lowest BCUT2D eigenvalue weighted by Gasteiger charge is -2.38. The molecule has 1 amide bonds. The highest BCUT2D eigenvalue weighted by atomic mass is 16.3. The van der Waals surface area contributed by atoms with Crippen molar-refractivity contribution >= 4 is 17.3 Å². The van der Waals surface area contributed by atoms with Gasteiger partial charge in [0.25, 0.3) is 11.5 Å². The summed E-state index contributed by atoms with van der Waals surface area (Å²) >= 11 is 0. The summed E-state index contributed by atoms with van der Waals surface area (Å²) in [6.45, 7) is 0.566. The lowest BCUT2D eigenvalue weighted by molar-refractivity contribution is -0.131. The molecule has 0 radical (unpaired) electrons. The summed E-state index contributed by atoms with van der Waals surface area (Å²) in [5, 5.41) is 24.3. The van der Waals surface area contributed by atoms with Crippen LogP contribution in [0, 0.1) is 5.41 Å². The van der Waals surface area contributed by atoms with Crippen LogP contribution in [0.5, 0.6) is 0 Å². The predicted octanol–water partition coefficient (Wildman–Crippen LogP) is 1.44. The summed E-state index contributed by atoms with van der Waals surface area (Å²) in [4.78, 5) is 32.5. The highest BCUT2D eigenvalue weighted by molar-refractivity contribution is 6.20. The van der Waals surface area contributed by atoms with Gasteiger partial charge < -0.3 is 26.9 Å². The third kappa shape index (κ3) is 5.24. The minimum absolute atomic E-state index is 0.0275. The molecule has 1 aliphatic heterocycles. The lowest BCUT2D eigenvalue weighted by atomic mass is 9.90. The number of rotatable bonds is 7. The number of benzene rings is 2. The second kappa shape index (κ2) is 11.0. The number of carbonyl (C=O) groups excluding carboxylic acids is 1. The molecule has 2 aliphatic rings. The molecule has 42 heavy (non-hydrogen) atoms. The number of nitrogens with zero attached hydrogens (tertiary/aromatic N) is 5. The molecule has 1 saturated heterocycles. The van der Waals surface area contributed by atoms with Crippen LogP contribution in [0.4, 0.5) is 0 Å². The van der Waals surface area contributed by atoms with Gasteiger partial charge in [0.15, 0.2) is 0 Å². The Hall–Kier alpha value is -4.61. The van der Waals surface area contributed by atoms with Gasteiger partial charge in [-0.05, 0) is 48.4 Å².